The Hall–Kier alpha value is -2.92. The second-order valence-electron chi connectivity index (χ2n) is 5.96. The van der Waals surface area contributed by atoms with Crippen molar-refractivity contribution in [2.24, 2.45) is 0 Å². The van der Waals surface area contributed by atoms with Crippen LogP contribution in [0.2, 0.25) is 5.02 Å². The first-order chi connectivity index (χ1) is 12.6. The Kier molecular flexibility index (Phi) is 5.81. The lowest BCUT2D eigenvalue weighted by atomic mass is 10.1. The van der Waals surface area contributed by atoms with Crippen molar-refractivity contribution >= 4 is 23.3 Å². The molecule has 26 heavy (non-hydrogen) atoms. The molecular formula is C20H19ClN4O. The molecule has 1 heterocycles. The van der Waals surface area contributed by atoms with E-state index in [4.69, 9.17) is 11.6 Å². The first-order valence-electron chi connectivity index (χ1n) is 8.26. The van der Waals surface area contributed by atoms with E-state index in [1.165, 1.54) is 5.56 Å². The number of hydrogen-bond acceptors (Lipinski definition) is 4. The van der Waals surface area contributed by atoms with Crippen molar-refractivity contribution in [1.29, 1.82) is 0 Å². The highest BCUT2D eigenvalue weighted by molar-refractivity contribution is 6.30. The number of amides is 1. The number of aryl methyl sites for hydroxylation is 1. The molecule has 3 rings (SSSR count). The molecular weight excluding hydrogens is 348 g/mol. The molecule has 0 aliphatic rings. The number of nitrogens with zero attached hydrogens (tertiary/aromatic N) is 2. The zero-order valence-corrected chi connectivity index (χ0v) is 15.1. The third-order valence-corrected chi connectivity index (χ3v) is 4.07. The third-order valence-electron chi connectivity index (χ3n) is 3.82. The molecule has 5 nitrogen and oxygen atoms in total. The quantitative estimate of drug-likeness (QED) is 0.692. The van der Waals surface area contributed by atoms with Crippen LogP contribution in [-0.2, 0) is 13.1 Å². The molecule has 1 aromatic heterocycles. The van der Waals surface area contributed by atoms with Crippen molar-refractivity contribution in [3.8, 4) is 0 Å². The fourth-order valence-electron chi connectivity index (χ4n) is 2.44. The standard InChI is InChI=1S/C20H19ClN4O/c1-14-3-2-4-16(11-14)13-22-19-10-9-18(24-25-19)20(26)23-12-15-5-7-17(21)8-6-15/h2-11H,12-13H2,1H3,(H,22,25)(H,23,26). The topological polar surface area (TPSA) is 66.9 Å². The minimum absolute atomic E-state index is 0.266. The lowest BCUT2D eigenvalue weighted by Crippen LogP contribution is -2.24. The monoisotopic (exact) mass is 366 g/mol. The van der Waals surface area contributed by atoms with E-state index in [1.807, 2.05) is 24.3 Å². The molecule has 6 heteroatoms. The van der Waals surface area contributed by atoms with Gasteiger partial charge in [-0.05, 0) is 42.3 Å². The number of carbonyl (C=O) groups excluding carboxylic acids is 1. The molecule has 0 fully saturated rings. The second kappa shape index (κ2) is 8.45. The molecule has 0 unspecified atom stereocenters. The zero-order valence-electron chi connectivity index (χ0n) is 14.4. The van der Waals surface area contributed by atoms with Crippen molar-refractivity contribution in [1.82, 2.24) is 15.5 Å². The summed E-state index contributed by atoms with van der Waals surface area (Å²) >= 11 is 5.85. The predicted octanol–water partition coefficient (Wildman–Crippen LogP) is 3.98. The number of nitrogens with one attached hydrogen (secondary N) is 2. The van der Waals surface area contributed by atoms with Gasteiger partial charge in [-0.3, -0.25) is 4.79 Å². The third kappa shape index (κ3) is 5.04. The smallest absolute Gasteiger partial charge is 0.272 e. The fourth-order valence-corrected chi connectivity index (χ4v) is 2.56. The molecule has 0 saturated heterocycles. The zero-order chi connectivity index (χ0) is 18.4. The molecule has 0 radical (unpaired) electrons. The van der Waals surface area contributed by atoms with Crippen molar-refractivity contribution in [2.75, 3.05) is 5.32 Å². The molecule has 0 aliphatic carbocycles. The number of benzene rings is 2. The summed E-state index contributed by atoms with van der Waals surface area (Å²) in [5.41, 5.74) is 3.62. The molecule has 0 spiro atoms. The number of carbonyl (C=O) groups is 1. The van der Waals surface area contributed by atoms with Gasteiger partial charge in [0, 0.05) is 18.1 Å². The van der Waals surface area contributed by atoms with Crippen LogP contribution < -0.4 is 10.6 Å². The van der Waals surface area contributed by atoms with Crippen molar-refractivity contribution in [3.63, 3.8) is 0 Å². The Morgan fingerprint density at radius 2 is 1.77 bits per heavy atom. The molecule has 0 bridgehead atoms. The van der Waals surface area contributed by atoms with Crippen LogP contribution in [-0.4, -0.2) is 16.1 Å². The highest BCUT2D eigenvalue weighted by Crippen LogP contribution is 2.10. The first-order valence-corrected chi connectivity index (χ1v) is 8.64. The van der Waals surface area contributed by atoms with E-state index in [9.17, 15) is 4.79 Å². The average Bonchev–Trinajstić information content (AvgIpc) is 2.66. The lowest BCUT2D eigenvalue weighted by molar-refractivity contribution is 0.0945. The van der Waals surface area contributed by atoms with E-state index in [0.717, 1.165) is 11.1 Å². The molecule has 0 saturated carbocycles. The number of halogens is 1. The summed E-state index contributed by atoms with van der Waals surface area (Å²) in [5.74, 6) is 0.360. The predicted molar refractivity (Wildman–Crippen MR) is 103 cm³/mol. The van der Waals surface area contributed by atoms with Crippen LogP contribution in [0.15, 0.2) is 60.7 Å². The Bertz CT molecular complexity index is 879. The molecule has 3 aromatic rings. The van der Waals surface area contributed by atoms with Crippen LogP contribution in [0.1, 0.15) is 27.2 Å². The number of aromatic nitrogens is 2. The van der Waals surface area contributed by atoms with Crippen LogP contribution in [0.25, 0.3) is 0 Å². The van der Waals surface area contributed by atoms with Gasteiger partial charge in [-0.25, -0.2) is 0 Å². The van der Waals surface area contributed by atoms with Crippen molar-refractivity contribution in [2.45, 2.75) is 20.0 Å². The molecule has 2 N–H and O–H groups in total. The van der Waals surface area contributed by atoms with E-state index in [0.29, 0.717) is 23.9 Å². The summed E-state index contributed by atoms with van der Waals surface area (Å²) in [6.45, 7) is 3.12. The maximum Gasteiger partial charge on any atom is 0.272 e. The lowest BCUT2D eigenvalue weighted by Gasteiger charge is -2.07. The largest absolute Gasteiger partial charge is 0.365 e. The maximum atomic E-state index is 12.2. The Morgan fingerprint density at radius 1 is 0.962 bits per heavy atom. The SMILES string of the molecule is Cc1cccc(CNc2ccc(C(=O)NCc3ccc(Cl)cc3)nn2)c1. The summed E-state index contributed by atoms with van der Waals surface area (Å²) in [6.07, 6.45) is 0. The van der Waals surface area contributed by atoms with Gasteiger partial charge in [0.2, 0.25) is 0 Å². The van der Waals surface area contributed by atoms with Gasteiger partial charge in [0.05, 0.1) is 0 Å². The van der Waals surface area contributed by atoms with Gasteiger partial charge >= 0.3 is 0 Å². The van der Waals surface area contributed by atoms with Gasteiger partial charge in [-0.2, -0.15) is 0 Å². The Morgan fingerprint density at radius 3 is 2.46 bits per heavy atom. The van der Waals surface area contributed by atoms with Gasteiger partial charge in [0.25, 0.3) is 5.91 Å². The van der Waals surface area contributed by atoms with Crippen molar-refractivity contribution in [3.05, 3.63) is 88.1 Å². The van der Waals surface area contributed by atoms with E-state index in [-0.39, 0.29) is 11.6 Å². The van der Waals surface area contributed by atoms with E-state index in [2.05, 4.69) is 39.9 Å². The van der Waals surface area contributed by atoms with Gasteiger partial charge in [0.15, 0.2) is 5.69 Å². The Balaban J connectivity index is 1.53. The summed E-state index contributed by atoms with van der Waals surface area (Å²) in [6, 6.07) is 19.0. The van der Waals surface area contributed by atoms with Crippen LogP contribution in [0.5, 0.6) is 0 Å². The van der Waals surface area contributed by atoms with Crippen LogP contribution in [0, 0.1) is 6.92 Å². The molecule has 0 atom stereocenters. The second-order valence-corrected chi connectivity index (χ2v) is 6.39. The van der Waals surface area contributed by atoms with Gasteiger partial charge in [-0.1, -0.05) is 53.6 Å². The highest BCUT2D eigenvalue weighted by Gasteiger charge is 2.08. The first kappa shape index (κ1) is 17.9. The minimum atomic E-state index is -0.266. The molecule has 132 valence electrons. The van der Waals surface area contributed by atoms with Crippen LogP contribution in [0.3, 0.4) is 0 Å². The summed E-state index contributed by atoms with van der Waals surface area (Å²) < 4.78 is 0. The van der Waals surface area contributed by atoms with E-state index in [1.54, 1.807) is 24.3 Å². The maximum absolute atomic E-state index is 12.2. The van der Waals surface area contributed by atoms with Crippen LogP contribution >= 0.6 is 11.6 Å². The van der Waals surface area contributed by atoms with E-state index < -0.39 is 0 Å². The summed E-state index contributed by atoms with van der Waals surface area (Å²) in [4.78, 5) is 12.2. The number of hydrogen-bond donors (Lipinski definition) is 2. The molecule has 2 aromatic carbocycles. The highest BCUT2D eigenvalue weighted by atomic mass is 35.5. The Labute approximate surface area is 157 Å². The van der Waals surface area contributed by atoms with Gasteiger partial charge in [-0.15, -0.1) is 10.2 Å². The average molecular weight is 367 g/mol. The summed E-state index contributed by atoms with van der Waals surface area (Å²) in [7, 11) is 0. The van der Waals surface area contributed by atoms with Crippen LogP contribution in [0.4, 0.5) is 5.82 Å². The molecule has 1 amide bonds. The fraction of sp³-hybridized carbons (Fsp3) is 0.150. The summed E-state index contributed by atoms with van der Waals surface area (Å²) in [5, 5.41) is 14.7. The van der Waals surface area contributed by atoms with Gasteiger partial charge < -0.3 is 10.6 Å². The normalized spacial score (nSPS) is 10.4. The minimum Gasteiger partial charge on any atom is -0.365 e. The van der Waals surface area contributed by atoms with Gasteiger partial charge in [0.1, 0.15) is 5.82 Å². The van der Waals surface area contributed by atoms with Crippen molar-refractivity contribution < 1.29 is 4.79 Å². The molecule has 0 aliphatic heterocycles. The van der Waals surface area contributed by atoms with E-state index >= 15 is 0 Å². The number of rotatable bonds is 6. The number of anilines is 1.